The molecule has 0 aliphatic carbocycles. The third-order valence-corrected chi connectivity index (χ3v) is 2.30. The molecular formula is C12H16ClN3O2. The van der Waals surface area contributed by atoms with Gasteiger partial charge in [0.2, 0.25) is 0 Å². The number of esters is 1. The average Bonchev–Trinajstić information content (AvgIpc) is 2.32. The predicted molar refractivity (Wildman–Crippen MR) is 69.1 cm³/mol. The number of rotatable bonds is 7. The van der Waals surface area contributed by atoms with Crippen molar-refractivity contribution in [3.05, 3.63) is 35.9 Å². The highest BCUT2D eigenvalue weighted by atomic mass is 35.5. The van der Waals surface area contributed by atoms with Crippen LogP contribution in [0.15, 0.2) is 25.0 Å². The van der Waals surface area contributed by atoms with E-state index in [1.807, 2.05) is 4.90 Å². The van der Waals surface area contributed by atoms with Crippen LogP contribution in [0.25, 0.3) is 0 Å². The minimum atomic E-state index is -0.263. The Hall–Kier alpha value is -1.46. The van der Waals surface area contributed by atoms with Crippen LogP contribution in [0, 0.1) is 0 Å². The Labute approximate surface area is 111 Å². The molecule has 0 aromatic carbocycles. The molecule has 1 rings (SSSR count). The van der Waals surface area contributed by atoms with Gasteiger partial charge in [0.1, 0.15) is 5.15 Å². The van der Waals surface area contributed by atoms with Crippen molar-refractivity contribution in [1.29, 1.82) is 0 Å². The number of ether oxygens (including phenoxy) is 1. The lowest BCUT2D eigenvalue weighted by molar-refractivity contribution is -0.144. The maximum absolute atomic E-state index is 11.4. The Morgan fingerprint density at radius 1 is 1.56 bits per heavy atom. The second-order valence-electron chi connectivity index (χ2n) is 3.59. The molecule has 5 nitrogen and oxygen atoms in total. The Bertz CT molecular complexity index is 395. The molecule has 0 aliphatic rings. The highest BCUT2D eigenvalue weighted by Gasteiger charge is 2.11. The number of hydrogen-bond donors (Lipinski definition) is 0. The highest BCUT2D eigenvalue weighted by Crippen LogP contribution is 2.04. The standard InChI is InChI=1S/C12H16ClN3O2/c1-3-5-16(9-12(17)18-4-2)8-10-6-15-11(13)7-14-10/h3,6-7H,1,4-5,8-9H2,2H3. The Kier molecular flexibility index (Phi) is 6.32. The van der Waals surface area contributed by atoms with E-state index in [1.54, 1.807) is 19.2 Å². The molecule has 6 heteroatoms. The van der Waals surface area contributed by atoms with Crippen LogP contribution >= 0.6 is 11.6 Å². The lowest BCUT2D eigenvalue weighted by Crippen LogP contribution is -2.31. The van der Waals surface area contributed by atoms with Crippen molar-refractivity contribution < 1.29 is 9.53 Å². The van der Waals surface area contributed by atoms with Gasteiger partial charge in [0.15, 0.2) is 0 Å². The summed E-state index contributed by atoms with van der Waals surface area (Å²) in [7, 11) is 0. The zero-order valence-electron chi connectivity index (χ0n) is 10.3. The van der Waals surface area contributed by atoms with Gasteiger partial charge in [0.25, 0.3) is 0 Å². The fraction of sp³-hybridized carbons (Fsp3) is 0.417. The smallest absolute Gasteiger partial charge is 0.320 e. The van der Waals surface area contributed by atoms with Crippen molar-refractivity contribution in [2.75, 3.05) is 19.7 Å². The number of carbonyl (C=O) groups excluding carboxylic acids is 1. The van der Waals surface area contributed by atoms with Gasteiger partial charge in [0, 0.05) is 13.1 Å². The average molecular weight is 270 g/mol. The van der Waals surface area contributed by atoms with Crippen molar-refractivity contribution >= 4 is 17.6 Å². The monoisotopic (exact) mass is 269 g/mol. The summed E-state index contributed by atoms with van der Waals surface area (Å²) >= 11 is 5.66. The molecule has 0 radical (unpaired) electrons. The summed E-state index contributed by atoms with van der Waals surface area (Å²) < 4.78 is 4.90. The van der Waals surface area contributed by atoms with Gasteiger partial charge in [-0.1, -0.05) is 17.7 Å². The summed E-state index contributed by atoms with van der Waals surface area (Å²) in [5, 5.41) is 0.347. The summed E-state index contributed by atoms with van der Waals surface area (Å²) in [5.74, 6) is -0.263. The third-order valence-electron chi connectivity index (χ3n) is 2.10. The lowest BCUT2D eigenvalue weighted by atomic mass is 10.3. The van der Waals surface area contributed by atoms with E-state index in [0.29, 0.717) is 24.8 Å². The molecule has 1 aromatic rings. The van der Waals surface area contributed by atoms with E-state index in [9.17, 15) is 4.79 Å². The Balaban J connectivity index is 2.59. The van der Waals surface area contributed by atoms with Crippen molar-refractivity contribution in [2.24, 2.45) is 0 Å². The number of halogens is 1. The van der Waals surface area contributed by atoms with Gasteiger partial charge in [-0.05, 0) is 6.92 Å². The van der Waals surface area contributed by atoms with Gasteiger partial charge < -0.3 is 4.74 Å². The van der Waals surface area contributed by atoms with Crippen LogP contribution in [0.4, 0.5) is 0 Å². The zero-order valence-corrected chi connectivity index (χ0v) is 11.1. The molecule has 0 spiro atoms. The van der Waals surface area contributed by atoms with Crippen LogP contribution in [0.1, 0.15) is 12.6 Å². The molecule has 1 heterocycles. The summed E-state index contributed by atoms with van der Waals surface area (Å²) in [6.07, 6.45) is 4.79. The molecule has 0 amide bonds. The topological polar surface area (TPSA) is 55.3 Å². The van der Waals surface area contributed by atoms with E-state index >= 15 is 0 Å². The molecule has 0 unspecified atom stereocenters. The van der Waals surface area contributed by atoms with Gasteiger partial charge in [-0.2, -0.15) is 0 Å². The van der Waals surface area contributed by atoms with E-state index < -0.39 is 0 Å². The second-order valence-corrected chi connectivity index (χ2v) is 3.98. The van der Waals surface area contributed by atoms with E-state index in [4.69, 9.17) is 16.3 Å². The molecule has 18 heavy (non-hydrogen) atoms. The lowest BCUT2D eigenvalue weighted by Gasteiger charge is -2.18. The first-order chi connectivity index (χ1) is 8.65. The molecule has 0 saturated carbocycles. The van der Waals surface area contributed by atoms with Gasteiger partial charge >= 0.3 is 5.97 Å². The molecule has 0 saturated heterocycles. The zero-order chi connectivity index (χ0) is 13.4. The number of hydrogen-bond acceptors (Lipinski definition) is 5. The SMILES string of the molecule is C=CCN(CC(=O)OCC)Cc1cnc(Cl)cn1. The minimum Gasteiger partial charge on any atom is -0.465 e. The van der Waals surface area contributed by atoms with Crippen molar-refractivity contribution in [3.8, 4) is 0 Å². The Morgan fingerprint density at radius 3 is 2.89 bits per heavy atom. The maximum atomic E-state index is 11.4. The number of carbonyl (C=O) groups is 1. The number of aromatic nitrogens is 2. The van der Waals surface area contributed by atoms with E-state index in [1.165, 1.54) is 6.20 Å². The molecule has 1 aromatic heterocycles. The first kappa shape index (κ1) is 14.6. The van der Waals surface area contributed by atoms with Crippen LogP contribution in [-0.2, 0) is 16.1 Å². The second kappa shape index (κ2) is 7.79. The molecule has 0 bridgehead atoms. The van der Waals surface area contributed by atoms with Crippen LogP contribution < -0.4 is 0 Å². The quantitative estimate of drug-likeness (QED) is 0.557. The largest absolute Gasteiger partial charge is 0.465 e. The fourth-order valence-electron chi connectivity index (χ4n) is 1.41. The minimum absolute atomic E-state index is 0.199. The summed E-state index contributed by atoms with van der Waals surface area (Å²) in [5.41, 5.74) is 0.741. The first-order valence-corrected chi connectivity index (χ1v) is 5.98. The summed E-state index contributed by atoms with van der Waals surface area (Å²) in [4.78, 5) is 21.4. The van der Waals surface area contributed by atoms with Gasteiger partial charge in [0.05, 0.1) is 31.2 Å². The molecule has 0 N–H and O–H groups in total. The molecule has 0 fully saturated rings. The number of nitrogens with zero attached hydrogens (tertiary/aromatic N) is 3. The van der Waals surface area contributed by atoms with Crippen LogP contribution in [0.3, 0.4) is 0 Å². The van der Waals surface area contributed by atoms with Crippen molar-refractivity contribution in [3.63, 3.8) is 0 Å². The molecular weight excluding hydrogens is 254 g/mol. The van der Waals surface area contributed by atoms with Crippen molar-refractivity contribution in [2.45, 2.75) is 13.5 Å². The summed E-state index contributed by atoms with van der Waals surface area (Å²) in [6, 6.07) is 0. The normalized spacial score (nSPS) is 10.4. The van der Waals surface area contributed by atoms with Gasteiger partial charge in [-0.3, -0.25) is 14.7 Å². The van der Waals surface area contributed by atoms with Crippen molar-refractivity contribution in [1.82, 2.24) is 14.9 Å². The van der Waals surface area contributed by atoms with Crippen LogP contribution in [0.2, 0.25) is 5.15 Å². The van der Waals surface area contributed by atoms with Gasteiger partial charge in [-0.25, -0.2) is 4.98 Å². The van der Waals surface area contributed by atoms with E-state index in [-0.39, 0.29) is 12.5 Å². The van der Waals surface area contributed by atoms with E-state index in [2.05, 4.69) is 16.5 Å². The van der Waals surface area contributed by atoms with E-state index in [0.717, 1.165) is 5.69 Å². The molecule has 0 aliphatic heterocycles. The fourth-order valence-corrected chi connectivity index (χ4v) is 1.50. The highest BCUT2D eigenvalue weighted by molar-refractivity contribution is 6.29. The maximum Gasteiger partial charge on any atom is 0.320 e. The van der Waals surface area contributed by atoms with Crippen LogP contribution in [0.5, 0.6) is 0 Å². The first-order valence-electron chi connectivity index (χ1n) is 5.61. The van der Waals surface area contributed by atoms with Crippen LogP contribution in [-0.4, -0.2) is 40.5 Å². The molecule has 0 atom stereocenters. The summed E-state index contributed by atoms with van der Waals surface area (Å²) in [6.45, 7) is 7.08. The predicted octanol–water partition coefficient (Wildman–Crippen LogP) is 1.68. The Morgan fingerprint density at radius 2 is 2.33 bits per heavy atom. The molecule has 98 valence electrons. The van der Waals surface area contributed by atoms with Gasteiger partial charge in [-0.15, -0.1) is 6.58 Å². The third kappa shape index (κ3) is 5.25.